The Hall–Kier alpha value is -0.810. The van der Waals surface area contributed by atoms with Gasteiger partial charge in [-0.1, -0.05) is 48.8 Å². The molecule has 0 spiro atoms. The molecule has 0 saturated carbocycles. The summed E-state index contributed by atoms with van der Waals surface area (Å²) in [4.78, 5) is 0. The highest BCUT2D eigenvalue weighted by Crippen LogP contribution is 2.33. The van der Waals surface area contributed by atoms with Gasteiger partial charge in [0.15, 0.2) is 0 Å². The van der Waals surface area contributed by atoms with Gasteiger partial charge in [0.2, 0.25) is 0 Å². The largest absolute Gasteiger partial charge is 0.383 e. The Balaban J connectivity index is 2.37. The number of benzene rings is 1. The fourth-order valence-electron chi connectivity index (χ4n) is 1.86. The normalized spacial score (nSPS) is 11.8. The fraction of sp³-hybridized carbons (Fsp3) is 0.357. The molecule has 0 amide bonds. The molecule has 3 nitrogen and oxygen atoms in total. The second kappa shape index (κ2) is 5.29. The quantitative estimate of drug-likeness (QED) is 0.834. The Morgan fingerprint density at radius 2 is 1.95 bits per heavy atom. The van der Waals surface area contributed by atoms with Crippen LogP contribution in [-0.2, 0) is 12.0 Å². The predicted molar refractivity (Wildman–Crippen MR) is 86.3 cm³/mol. The van der Waals surface area contributed by atoms with Crippen LogP contribution in [0.1, 0.15) is 32.0 Å². The highest BCUT2D eigenvalue weighted by molar-refractivity contribution is 9.11. The van der Waals surface area contributed by atoms with Gasteiger partial charge < -0.3 is 5.73 Å². The van der Waals surface area contributed by atoms with Gasteiger partial charge in [0.25, 0.3) is 0 Å². The summed E-state index contributed by atoms with van der Waals surface area (Å²) in [6, 6.07) is 8.16. The Bertz CT molecular complexity index is 597. The second-order valence-electron chi connectivity index (χ2n) is 5.59. The molecule has 0 aliphatic heterocycles. The van der Waals surface area contributed by atoms with Crippen LogP contribution in [0.5, 0.6) is 0 Å². The number of nitrogens with two attached hydrogens (primary N) is 1. The molecule has 2 N–H and O–H groups in total. The number of hydrogen-bond donors (Lipinski definition) is 1. The lowest BCUT2D eigenvalue weighted by molar-refractivity contribution is 0.544. The van der Waals surface area contributed by atoms with Crippen molar-refractivity contribution in [3.63, 3.8) is 0 Å². The summed E-state index contributed by atoms with van der Waals surface area (Å²) in [6.07, 6.45) is 0. The first-order valence-electron chi connectivity index (χ1n) is 6.06. The van der Waals surface area contributed by atoms with Gasteiger partial charge in [0.05, 0.1) is 16.7 Å². The lowest BCUT2D eigenvalue weighted by Gasteiger charge is -2.15. The number of aromatic nitrogens is 2. The lowest BCUT2D eigenvalue weighted by atomic mass is 9.92. The van der Waals surface area contributed by atoms with Crippen molar-refractivity contribution in [1.29, 1.82) is 0 Å². The number of nitrogen functional groups attached to an aromatic ring is 1. The zero-order valence-electron chi connectivity index (χ0n) is 11.2. The summed E-state index contributed by atoms with van der Waals surface area (Å²) in [7, 11) is 0. The van der Waals surface area contributed by atoms with Gasteiger partial charge >= 0.3 is 0 Å². The average molecular weight is 387 g/mol. The van der Waals surface area contributed by atoms with Crippen molar-refractivity contribution in [3.8, 4) is 0 Å². The van der Waals surface area contributed by atoms with E-state index in [2.05, 4.69) is 69.9 Å². The first-order chi connectivity index (χ1) is 8.79. The van der Waals surface area contributed by atoms with E-state index in [1.165, 1.54) is 0 Å². The molecule has 102 valence electrons. The first-order valence-corrected chi connectivity index (χ1v) is 7.64. The maximum Gasteiger partial charge on any atom is 0.136 e. The van der Waals surface area contributed by atoms with Crippen molar-refractivity contribution in [1.82, 2.24) is 9.78 Å². The molecule has 2 rings (SSSR count). The van der Waals surface area contributed by atoms with E-state index in [-0.39, 0.29) is 5.41 Å². The van der Waals surface area contributed by atoms with Gasteiger partial charge in [-0.25, -0.2) is 4.68 Å². The van der Waals surface area contributed by atoms with Gasteiger partial charge in [-0.2, -0.15) is 5.10 Å². The van der Waals surface area contributed by atoms with Crippen LogP contribution in [0.4, 0.5) is 5.82 Å². The molecule has 0 aliphatic rings. The summed E-state index contributed by atoms with van der Waals surface area (Å²) in [5.74, 6) is 0.671. The highest BCUT2D eigenvalue weighted by atomic mass is 79.9. The van der Waals surface area contributed by atoms with Crippen molar-refractivity contribution in [3.05, 3.63) is 44.5 Å². The minimum atomic E-state index is -0.0323. The minimum Gasteiger partial charge on any atom is -0.383 e. The fourth-order valence-corrected chi connectivity index (χ4v) is 3.19. The summed E-state index contributed by atoms with van der Waals surface area (Å²) in [5, 5.41) is 4.64. The van der Waals surface area contributed by atoms with Gasteiger partial charge in [-0.3, -0.25) is 0 Å². The van der Waals surface area contributed by atoms with Crippen LogP contribution in [0.15, 0.2) is 33.2 Å². The third kappa shape index (κ3) is 3.20. The molecule has 19 heavy (non-hydrogen) atoms. The molecule has 5 heteroatoms. The third-order valence-corrected chi connectivity index (χ3v) is 4.14. The second-order valence-corrected chi connectivity index (χ2v) is 7.29. The zero-order valence-corrected chi connectivity index (χ0v) is 14.4. The maximum absolute atomic E-state index is 6.13. The SMILES string of the molecule is CC(C)(C)c1nn(Cc2cccc(Br)c2)c(N)c1Br. The summed E-state index contributed by atoms with van der Waals surface area (Å²) in [6.45, 7) is 7.05. The Morgan fingerprint density at radius 1 is 1.26 bits per heavy atom. The van der Waals surface area contributed by atoms with Crippen LogP contribution in [0.2, 0.25) is 0 Å². The predicted octanol–water partition coefficient (Wildman–Crippen LogP) is 4.34. The van der Waals surface area contributed by atoms with E-state index in [0.29, 0.717) is 12.4 Å². The third-order valence-electron chi connectivity index (χ3n) is 2.86. The van der Waals surface area contributed by atoms with E-state index in [9.17, 15) is 0 Å². The minimum absolute atomic E-state index is 0.0323. The Kier molecular flexibility index (Phi) is 4.06. The van der Waals surface area contributed by atoms with Crippen molar-refractivity contribution < 1.29 is 0 Å². The summed E-state index contributed by atoms with van der Waals surface area (Å²) >= 11 is 7.02. The van der Waals surface area contributed by atoms with Crippen LogP contribution < -0.4 is 5.73 Å². The van der Waals surface area contributed by atoms with E-state index in [0.717, 1.165) is 20.2 Å². The summed E-state index contributed by atoms with van der Waals surface area (Å²) in [5.41, 5.74) is 8.25. The van der Waals surface area contributed by atoms with Crippen LogP contribution >= 0.6 is 31.9 Å². The molecule has 0 aliphatic carbocycles. The highest BCUT2D eigenvalue weighted by Gasteiger charge is 2.24. The van der Waals surface area contributed by atoms with E-state index in [1.54, 1.807) is 0 Å². The standard InChI is InChI=1S/C14H17Br2N3/c1-14(2,3)12-11(16)13(17)19(18-12)8-9-5-4-6-10(15)7-9/h4-7H,8,17H2,1-3H3. The van der Waals surface area contributed by atoms with Crippen LogP contribution in [0, 0.1) is 0 Å². The van der Waals surface area contributed by atoms with E-state index < -0.39 is 0 Å². The van der Waals surface area contributed by atoms with Crippen LogP contribution in [-0.4, -0.2) is 9.78 Å². The van der Waals surface area contributed by atoms with Gasteiger partial charge in [0.1, 0.15) is 5.82 Å². The molecule has 0 fully saturated rings. The molecule has 1 heterocycles. The van der Waals surface area contributed by atoms with E-state index >= 15 is 0 Å². The van der Waals surface area contributed by atoms with Crippen molar-refractivity contribution in [2.24, 2.45) is 0 Å². The molecule has 0 saturated heterocycles. The number of halogens is 2. The smallest absolute Gasteiger partial charge is 0.136 e. The molecule has 2 aromatic rings. The number of nitrogens with zero attached hydrogens (tertiary/aromatic N) is 2. The molecule has 1 aromatic carbocycles. The monoisotopic (exact) mass is 385 g/mol. The van der Waals surface area contributed by atoms with E-state index in [4.69, 9.17) is 5.73 Å². The van der Waals surface area contributed by atoms with Crippen LogP contribution in [0.3, 0.4) is 0 Å². The van der Waals surface area contributed by atoms with Crippen LogP contribution in [0.25, 0.3) is 0 Å². The molecule has 0 unspecified atom stereocenters. The number of rotatable bonds is 2. The van der Waals surface area contributed by atoms with Gasteiger partial charge in [-0.15, -0.1) is 0 Å². The van der Waals surface area contributed by atoms with Gasteiger partial charge in [-0.05, 0) is 33.6 Å². The average Bonchev–Trinajstić information content (AvgIpc) is 2.57. The summed E-state index contributed by atoms with van der Waals surface area (Å²) < 4.78 is 3.80. The Labute approximate surface area is 130 Å². The zero-order chi connectivity index (χ0) is 14.2. The molecule has 1 aromatic heterocycles. The molecule has 0 bridgehead atoms. The lowest BCUT2D eigenvalue weighted by Crippen LogP contribution is -2.13. The number of anilines is 1. The molecule has 0 atom stereocenters. The maximum atomic E-state index is 6.13. The number of hydrogen-bond acceptors (Lipinski definition) is 2. The Morgan fingerprint density at radius 3 is 2.47 bits per heavy atom. The molecular formula is C14H17Br2N3. The van der Waals surface area contributed by atoms with Crippen molar-refractivity contribution in [2.75, 3.05) is 5.73 Å². The topological polar surface area (TPSA) is 43.8 Å². The van der Waals surface area contributed by atoms with Crippen molar-refractivity contribution in [2.45, 2.75) is 32.7 Å². The first kappa shape index (κ1) is 14.6. The van der Waals surface area contributed by atoms with Gasteiger partial charge in [0, 0.05) is 9.89 Å². The molecular weight excluding hydrogens is 370 g/mol. The van der Waals surface area contributed by atoms with Crippen molar-refractivity contribution >= 4 is 37.7 Å². The van der Waals surface area contributed by atoms with E-state index in [1.807, 2.05) is 16.8 Å². The molecule has 0 radical (unpaired) electrons.